The molecule has 0 bridgehead atoms. The van der Waals surface area contributed by atoms with E-state index in [4.69, 9.17) is 14.2 Å². The van der Waals surface area contributed by atoms with Crippen molar-refractivity contribution in [2.75, 3.05) is 21.3 Å². The summed E-state index contributed by atoms with van der Waals surface area (Å²) >= 11 is 0. The van der Waals surface area contributed by atoms with Crippen LogP contribution in [0.5, 0.6) is 17.2 Å². The molecule has 0 unspecified atom stereocenters. The van der Waals surface area contributed by atoms with Gasteiger partial charge in [0.05, 0.1) is 33.1 Å². The number of hydrazone groups is 1. The first-order valence-electron chi connectivity index (χ1n) is 9.72. The molecule has 6 heteroatoms. The van der Waals surface area contributed by atoms with Gasteiger partial charge in [-0.15, -0.1) is 0 Å². The van der Waals surface area contributed by atoms with Gasteiger partial charge in [-0.05, 0) is 35.0 Å². The van der Waals surface area contributed by atoms with E-state index in [-0.39, 0.29) is 11.9 Å². The maximum atomic E-state index is 12.5. The zero-order chi connectivity index (χ0) is 21.3. The molecule has 1 amide bonds. The number of hydrogen-bond donors (Lipinski definition) is 0. The first kappa shape index (κ1) is 19.8. The Labute approximate surface area is 175 Å². The summed E-state index contributed by atoms with van der Waals surface area (Å²) in [6.07, 6.45) is 0.569. The lowest BCUT2D eigenvalue weighted by atomic mass is 9.93. The highest BCUT2D eigenvalue weighted by Gasteiger charge is 2.34. The summed E-state index contributed by atoms with van der Waals surface area (Å²) in [5.41, 5.74) is 2.66. The smallest absolute Gasteiger partial charge is 0.240 e. The maximum Gasteiger partial charge on any atom is 0.240 e. The van der Waals surface area contributed by atoms with Crippen molar-refractivity contribution in [3.63, 3.8) is 0 Å². The summed E-state index contributed by atoms with van der Waals surface area (Å²) in [5.74, 6) is 1.90. The van der Waals surface area contributed by atoms with Crippen LogP contribution in [-0.2, 0) is 4.79 Å². The number of amides is 1. The normalized spacial score (nSPS) is 15.8. The predicted molar refractivity (Wildman–Crippen MR) is 116 cm³/mol. The molecular formula is C24H24N2O4. The van der Waals surface area contributed by atoms with E-state index in [0.717, 1.165) is 33.4 Å². The van der Waals surface area contributed by atoms with Crippen LogP contribution < -0.4 is 14.2 Å². The van der Waals surface area contributed by atoms with Gasteiger partial charge in [-0.1, -0.05) is 30.3 Å². The number of nitrogens with zero attached hydrogens (tertiary/aromatic N) is 2. The van der Waals surface area contributed by atoms with E-state index in [9.17, 15) is 4.79 Å². The maximum absolute atomic E-state index is 12.5. The summed E-state index contributed by atoms with van der Waals surface area (Å²) in [7, 11) is 4.85. The SMILES string of the molecule is COc1ccc(C2=NN(C(C)=O)[C@H](c3c(OC)ccc4ccccc34)C2)cc1OC. The molecule has 0 aromatic heterocycles. The Morgan fingerprint density at radius 3 is 2.33 bits per heavy atom. The number of rotatable bonds is 5. The van der Waals surface area contributed by atoms with E-state index in [1.165, 1.54) is 6.92 Å². The van der Waals surface area contributed by atoms with Crippen LogP contribution in [0, 0.1) is 0 Å². The van der Waals surface area contributed by atoms with Gasteiger partial charge in [0.15, 0.2) is 11.5 Å². The molecule has 1 atom stereocenters. The Bertz CT molecular complexity index is 1140. The van der Waals surface area contributed by atoms with Gasteiger partial charge >= 0.3 is 0 Å². The number of ether oxygens (including phenoxy) is 3. The van der Waals surface area contributed by atoms with E-state index in [2.05, 4.69) is 17.2 Å². The molecule has 1 aliphatic rings. The first-order chi connectivity index (χ1) is 14.6. The van der Waals surface area contributed by atoms with Gasteiger partial charge in [0, 0.05) is 24.5 Å². The van der Waals surface area contributed by atoms with Crippen LogP contribution in [0.4, 0.5) is 0 Å². The second-order valence-corrected chi connectivity index (χ2v) is 7.10. The second-order valence-electron chi connectivity index (χ2n) is 7.10. The predicted octanol–water partition coefficient (Wildman–Crippen LogP) is 4.56. The molecule has 0 N–H and O–H groups in total. The van der Waals surface area contributed by atoms with Gasteiger partial charge in [0.1, 0.15) is 5.75 Å². The van der Waals surface area contributed by atoms with Gasteiger partial charge in [-0.2, -0.15) is 5.10 Å². The Kier molecular flexibility index (Phi) is 5.31. The fourth-order valence-electron chi connectivity index (χ4n) is 4.01. The quantitative estimate of drug-likeness (QED) is 0.625. The van der Waals surface area contributed by atoms with Crippen LogP contribution in [0.25, 0.3) is 10.8 Å². The average molecular weight is 404 g/mol. The van der Waals surface area contributed by atoms with E-state index in [1.54, 1.807) is 26.3 Å². The lowest BCUT2D eigenvalue weighted by Crippen LogP contribution is -2.25. The number of hydrogen-bond acceptors (Lipinski definition) is 5. The topological polar surface area (TPSA) is 60.4 Å². The number of fused-ring (bicyclic) bond motifs is 1. The Morgan fingerprint density at radius 2 is 1.63 bits per heavy atom. The average Bonchev–Trinajstić information content (AvgIpc) is 3.23. The van der Waals surface area contributed by atoms with Gasteiger partial charge in [-0.25, -0.2) is 5.01 Å². The van der Waals surface area contributed by atoms with Crippen LogP contribution >= 0.6 is 0 Å². The Hall–Kier alpha value is -3.54. The van der Waals surface area contributed by atoms with Crippen LogP contribution in [0.2, 0.25) is 0 Å². The van der Waals surface area contributed by atoms with Crippen molar-refractivity contribution < 1.29 is 19.0 Å². The molecule has 4 rings (SSSR count). The van der Waals surface area contributed by atoms with E-state index in [0.29, 0.717) is 17.9 Å². The lowest BCUT2D eigenvalue weighted by Gasteiger charge is -2.24. The van der Waals surface area contributed by atoms with Gasteiger partial charge in [0.25, 0.3) is 0 Å². The lowest BCUT2D eigenvalue weighted by molar-refractivity contribution is -0.130. The van der Waals surface area contributed by atoms with Crippen LogP contribution in [0.15, 0.2) is 59.7 Å². The minimum Gasteiger partial charge on any atom is -0.496 e. The Balaban J connectivity index is 1.81. The summed E-state index contributed by atoms with van der Waals surface area (Å²) < 4.78 is 16.4. The monoisotopic (exact) mass is 404 g/mol. The standard InChI is InChI=1S/C24H24N2O4/c1-15(27)26-20(24-18-8-6-5-7-16(18)9-12-22(24)29-3)14-19(25-26)17-10-11-21(28-2)23(13-17)30-4/h5-13,20H,14H2,1-4H3/t20-/m0/s1. The molecule has 1 aliphatic heterocycles. The molecule has 0 aliphatic carbocycles. The molecule has 3 aromatic rings. The number of benzene rings is 3. The van der Waals surface area contributed by atoms with Crippen LogP contribution in [0.1, 0.15) is 30.5 Å². The van der Waals surface area contributed by atoms with Crippen molar-refractivity contribution in [2.45, 2.75) is 19.4 Å². The van der Waals surface area contributed by atoms with Crippen molar-refractivity contribution in [2.24, 2.45) is 5.10 Å². The molecular weight excluding hydrogens is 380 g/mol. The molecule has 0 radical (unpaired) electrons. The van der Waals surface area contributed by atoms with Gasteiger partial charge in [-0.3, -0.25) is 4.79 Å². The van der Waals surface area contributed by atoms with Crippen molar-refractivity contribution >= 4 is 22.4 Å². The fourth-order valence-corrected chi connectivity index (χ4v) is 4.01. The molecule has 30 heavy (non-hydrogen) atoms. The van der Waals surface area contributed by atoms with E-state index >= 15 is 0 Å². The minimum atomic E-state index is -0.258. The third kappa shape index (κ3) is 3.34. The van der Waals surface area contributed by atoms with Crippen molar-refractivity contribution in [1.29, 1.82) is 0 Å². The number of carbonyl (C=O) groups is 1. The summed E-state index contributed by atoms with van der Waals surface area (Å²) in [6, 6.07) is 17.5. The summed E-state index contributed by atoms with van der Waals surface area (Å²) in [5, 5.41) is 8.38. The summed E-state index contributed by atoms with van der Waals surface area (Å²) in [4.78, 5) is 12.5. The molecule has 0 saturated carbocycles. The van der Waals surface area contributed by atoms with Crippen molar-refractivity contribution in [3.05, 3.63) is 65.7 Å². The zero-order valence-corrected chi connectivity index (χ0v) is 17.5. The second kappa shape index (κ2) is 8.06. The molecule has 0 spiro atoms. The highest BCUT2D eigenvalue weighted by molar-refractivity contribution is 6.04. The zero-order valence-electron chi connectivity index (χ0n) is 17.5. The van der Waals surface area contributed by atoms with E-state index in [1.807, 2.05) is 42.5 Å². The van der Waals surface area contributed by atoms with Gasteiger partial charge in [0.2, 0.25) is 5.91 Å². The molecule has 0 fully saturated rings. The minimum absolute atomic E-state index is 0.120. The molecule has 3 aromatic carbocycles. The van der Waals surface area contributed by atoms with E-state index < -0.39 is 0 Å². The highest BCUT2D eigenvalue weighted by atomic mass is 16.5. The number of methoxy groups -OCH3 is 3. The van der Waals surface area contributed by atoms with Crippen molar-refractivity contribution in [1.82, 2.24) is 5.01 Å². The van der Waals surface area contributed by atoms with Gasteiger partial charge < -0.3 is 14.2 Å². The molecule has 1 heterocycles. The van der Waals surface area contributed by atoms with Crippen LogP contribution in [-0.4, -0.2) is 38.0 Å². The summed E-state index contributed by atoms with van der Waals surface area (Å²) in [6.45, 7) is 1.53. The molecule has 154 valence electrons. The fraction of sp³-hybridized carbons (Fsp3) is 0.250. The first-order valence-corrected chi connectivity index (χ1v) is 9.72. The largest absolute Gasteiger partial charge is 0.496 e. The Morgan fingerprint density at radius 1 is 0.933 bits per heavy atom. The molecule has 0 saturated heterocycles. The number of carbonyl (C=O) groups excluding carboxylic acids is 1. The third-order valence-electron chi connectivity index (χ3n) is 5.43. The van der Waals surface area contributed by atoms with Crippen molar-refractivity contribution in [3.8, 4) is 17.2 Å². The van der Waals surface area contributed by atoms with Crippen LogP contribution in [0.3, 0.4) is 0 Å². The third-order valence-corrected chi connectivity index (χ3v) is 5.43. The molecule has 6 nitrogen and oxygen atoms in total. The highest BCUT2D eigenvalue weighted by Crippen LogP contribution is 2.42.